The van der Waals surface area contributed by atoms with E-state index in [1.165, 1.54) is 6.07 Å². The average molecular weight is 362 g/mol. The van der Waals surface area contributed by atoms with Gasteiger partial charge in [-0.15, -0.1) is 0 Å². The standard InChI is InChI=1S/C14H21BrFN3S/c1-17-14(19-8-9-20-2)18-7-3-4-11-5-6-12(15)10-13(11)16/h5-6,10H,3-4,7-9H2,1-2H3,(H2,17,18,19). The molecule has 6 heteroatoms. The molecular formula is C14H21BrFN3S. The molecule has 0 saturated heterocycles. The maximum atomic E-state index is 13.6. The van der Waals surface area contributed by atoms with Crippen LogP contribution < -0.4 is 10.6 Å². The summed E-state index contributed by atoms with van der Waals surface area (Å²) in [6.45, 7) is 1.66. The lowest BCUT2D eigenvalue weighted by molar-refractivity contribution is 0.602. The fraction of sp³-hybridized carbons (Fsp3) is 0.500. The second-order valence-electron chi connectivity index (χ2n) is 4.26. The van der Waals surface area contributed by atoms with Gasteiger partial charge in [-0.25, -0.2) is 4.39 Å². The molecule has 0 saturated carbocycles. The van der Waals surface area contributed by atoms with Gasteiger partial charge in [0.2, 0.25) is 0 Å². The summed E-state index contributed by atoms with van der Waals surface area (Å²) in [4.78, 5) is 4.14. The Labute approximate surface area is 133 Å². The first kappa shape index (κ1) is 17.3. The number of hydrogen-bond donors (Lipinski definition) is 2. The Morgan fingerprint density at radius 1 is 1.35 bits per heavy atom. The summed E-state index contributed by atoms with van der Waals surface area (Å²) in [5.74, 6) is 1.70. The maximum Gasteiger partial charge on any atom is 0.191 e. The zero-order valence-electron chi connectivity index (χ0n) is 11.9. The van der Waals surface area contributed by atoms with Gasteiger partial charge in [0.05, 0.1) is 0 Å². The molecule has 0 aliphatic rings. The van der Waals surface area contributed by atoms with E-state index in [0.29, 0.717) is 6.42 Å². The number of thioether (sulfide) groups is 1. The van der Waals surface area contributed by atoms with Gasteiger partial charge in [-0.3, -0.25) is 4.99 Å². The molecule has 0 aliphatic carbocycles. The van der Waals surface area contributed by atoms with Crippen LogP contribution in [0.3, 0.4) is 0 Å². The molecule has 0 aliphatic heterocycles. The number of rotatable bonds is 7. The van der Waals surface area contributed by atoms with Crippen LogP contribution in [0.5, 0.6) is 0 Å². The van der Waals surface area contributed by atoms with E-state index in [0.717, 1.165) is 41.3 Å². The molecule has 0 heterocycles. The SMILES string of the molecule is CN=C(NCCCc1ccc(Br)cc1F)NCCSC. The minimum absolute atomic E-state index is 0.151. The van der Waals surface area contributed by atoms with Gasteiger partial charge >= 0.3 is 0 Å². The fourth-order valence-electron chi connectivity index (χ4n) is 1.70. The molecule has 0 atom stereocenters. The highest BCUT2D eigenvalue weighted by atomic mass is 79.9. The number of aliphatic imine (C=N–C) groups is 1. The predicted octanol–water partition coefficient (Wildman–Crippen LogP) is 3.05. The highest BCUT2D eigenvalue weighted by Gasteiger charge is 2.03. The van der Waals surface area contributed by atoms with Crippen LogP contribution in [0.2, 0.25) is 0 Å². The van der Waals surface area contributed by atoms with Crippen LogP contribution in [-0.4, -0.2) is 38.1 Å². The molecule has 1 rings (SSSR count). The van der Waals surface area contributed by atoms with Gasteiger partial charge in [0.15, 0.2) is 5.96 Å². The summed E-state index contributed by atoms with van der Waals surface area (Å²) in [7, 11) is 1.75. The van der Waals surface area contributed by atoms with Gasteiger partial charge in [0, 0.05) is 30.4 Å². The van der Waals surface area contributed by atoms with Crippen molar-refractivity contribution in [2.24, 2.45) is 4.99 Å². The van der Waals surface area contributed by atoms with Crippen molar-refractivity contribution >= 4 is 33.7 Å². The molecule has 1 aromatic rings. The lowest BCUT2D eigenvalue weighted by Gasteiger charge is -2.11. The summed E-state index contributed by atoms with van der Waals surface area (Å²) in [5.41, 5.74) is 0.750. The maximum absolute atomic E-state index is 13.6. The summed E-state index contributed by atoms with van der Waals surface area (Å²) in [5, 5.41) is 6.45. The minimum Gasteiger partial charge on any atom is -0.356 e. The predicted molar refractivity (Wildman–Crippen MR) is 90.2 cm³/mol. The molecule has 0 amide bonds. The van der Waals surface area contributed by atoms with Crippen molar-refractivity contribution in [1.82, 2.24) is 10.6 Å². The molecule has 1 aromatic carbocycles. The van der Waals surface area contributed by atoms with Crippen molar-refractivity contribution in [3.05, 3.63) is 34.1 Å². The lowest BCUT2D eigenvalue weighted by atomic mass is 10.1. The highest BCUT2D eigenvalue weighted by molar-refractivity contribution is 9.10. The summed E-state index contributed by atoms with van der Waals surface area (Å²) in [6.07, 6.45) is 3.65. The number of aryl methyl sites for hydroxylation is 1. The van der Waals surface area contributed by atoms with Crippen LogP contribution >= 0.6 is 27.7 Å². The largest absolute Gasteiger partial charge is 0.356 e. The first-order valence-electron chi connectivity index (χ1n) is 6.54. The van der Waals surface area contributed by atoms with Crippen LogP contribution in [0, 0.1) is 5.82 Å². The number of nitrogens with zero attached hydrogens (tertiary/aromatic N) is 1. The zero-order valence-corrected chi connectivity index (χ0v) is 14.3. The van der Waals surface area contributed by atoms with Gasteiger partial charge in [0.1, 0.15) is 5.82 Å². The Morgan fingerprint density at radius 2 is 2.10 bits per heavy atom. The molecule has 0 fully saturated rings. The van der Waals surface area contributed by atoms with Gasteiger partial charge in [-0.2, -0.15) is 11.8 Å². The number of guanidine groups is 1. The Balaban J connectivity index is 2.26. The van der Waals surface area contributed by atoms with Crippen LogP contribution in [-0.2, 0) is 6.42 Å². The summed E-state index contributed by atoms with van der Waals surface area (Å²) < 4.78 is 14.4. The third-order valence-electron chi connectivity index (χ3n) is 2.75. The van der Waals surface area contributed by atoms with Crippen molar-refractivity contribution in [2.75, 3.05) is 32.1 Å². The minimum atomic E-state index is -0.151. The fourth-order valence-corrected chi connectivity index (χ4v) is 2.34. The smallest absolute Gasteiger partial charge is 0.191 e. The number of halogens is 2. The van der Waals surface area contributed by atoms with E-state index in [1.807, 2.05) is 12.1 Å². The topological polar surface area (TPSA) is 36.4 Å². The van der Waals surface area contributed by atoms with Gasteiger partial charge in [0.25, 0.3) is 0 Å². The number of hydrogen-bond acceptors (Lipinski definition) is 2. The third-order valence-corrected chi connectivity index (χ3v) is 3.86. The van der Waals surface area contributed by atoms with Crippen molar-refractivity contribution in [3.63, 3.8) is 0 Å². The first-order chi connectivity index (χ1) is 9.67. The van der Waals surface area contributed by atoms with Gasteiger partial charge in [-0.1, -0.05) is 22.0 Å². The second kappa shape index (κ2) is 10.0. The normalized spacial score (nSPS) is 11.5. The summed E-state index contributed by atoms with van der Waals surface area (Å²) >= 11 is 5.05. The van der Waals surface area contributed by atoms with Crippen LogP contribution in [0.1, 0.15) is 12.0 Å². The van der Waals surface area contributed by atoms with E-state index in [1.54, 1.807) is 18.8 Å². The lowest BCUT2D eigenvalue weighted by Crippen LogP contribution is -2.38. The Morgan fingerprint density at radius 3 is 2.75 bits per heavy atom. The molecule has 0 aromatic heterocycles. The molecule has 2 N–H and O–H groups in total. The molecule has 0 unspecified atom stereocenters. The van der Waals surface area contributed by atoms with Crippen molar-refractivity contribution in [1.29, 1.82) is 0 Å². The molecule has 20 heavy (non-hydrogen) atoms. The number of benzene rings is 1. The van der Waals surface area contributed by atoms with Crippen LogP contribution in [0.4, 0.5) is 4.39 Å². The van der Waals surface area contributed by atoms with Crippen molar-refractivity contribution in [2.45, 2.75) is 12.8 Å². The molecule has 0 radical (unpaired) electrons. The van der Waals surface area contributed by atoms with E-state index in [4.69, 9.17) is 0 Å². The number of nitrogens with one attached hydrogen (secondary N) is 2. The molecule has 112 valence electrons. The van der Waals surface area contributed by atoms with E-state index < -0.39 is 0 Å². The molecule has 3 nitrogen and oxygen atoms in total. The third kappa shape index (κ3) is 6.61. The van der Waals surface area contributed by atoms with Crippen molar-refractivity contribution in [3.8, 4) is 0 Å². The van der Waals surface area contributed by atoms with E-state index in [9.17, 15) is 4.39 Å². The Hall–Kier alpha value is -0.750. The van der Waals surface area contributed by atoms with Crippen LogP contribution in [0.25, 0.3) is 0 Å². The first-order valence-corrected chi connectivity index (χ1v) is 8.73. The average Bonchev–Trinajstić information content (AvgIpc) is 2.43. The molecule has 0 spiro atoms. The van der Waals surface area contributed by atoms with Crippen LogP contribution in [0.15, 0.2) is 27.7 Å². The highest BCUT2D eigenvalue weighted by Crippen LogP contribution is 2.16. The zero-order chi connectivity index (χ0) is 14.8. The van der Waals surface area contributed by atoms with E-state index >= 15 is 0 Å². The second-order valence-corrected chi connectivity index (χ2v) is 6.16. The van der Waals surface area contributed by atoms with Crippen molar-refractivity contribution < 1.29 is 4.39 Å². The molecule has 0 bridgehead atoms. The van der Waals surface area contributed by atoms with Gasteiger partial charge in [-0.05, 0) is 36.8 Å². The Kier molecular flexibility index (Phi) is 8.69. The van der Waals surface area contributed by atoms with E-state index in [-0.39, 0.29) is 5.82 Å². The van der Waals surface area contributed by atoms with E-state index in [2.05, 4.69) is 37.8 Å². The quantitative estimate of drug-likeness (QED) is 0.445. The monoisotopic (exact) mass is 361 g/mol. The summed E-state index contributed by atoms with van der Waals surface area (Å²) in [6, 6.07) is 5.20. The van der Waals surface area contributed by atoms with Gasteiger partial charge < -0.3 is 10.6 Å². The Bertz CT molecular complexity index is 440. The molecular weight excluding hydrogens is 341 g/mol.